The molecule has 0 saturated heterocycles. The van der Waals surface area contributed by atoms with Crippen molar-refractivity contribution in [3.05, 3.63) is 11.6 Å². The van der Waals surface area contributed by atoms with Crippen LogP contribution in [0.25, 0.3) is 0 Å². The van der Waals surface area contributed by atoms with E-state index < -0.39 is 0 Å². The van der Waals surface area contributed by atoms with E-state index in [9.17, 15) is 0 Å². The molecule has 0 aliphatic rings. The maximum absolute atomic E-state index is 5.80. The fourth-order valence-electron chi connectivity index (χ4n) is 0.821. The van der Waals surface area contributed by atoms with Crippen LogP contribution in [0, 0.1) is 5.92 Å². The van der Waals surface area contributed by atoms with Gasteiger partial charge in [0.15, 0.2) is 0 Å². The Morgan fingerprint density at radius 1 is 1.17 bits per heavy atom. The molecule has 72 valence electrons. The van der Waals surface area contributed by atoms with Crippen LogP contribution < -0.4 is 0 Å². The first kappa shape index (κ1) is 11.7. The van der Waals surface area contributed by atoms with Crippen LogP contribution in [0.4, 0.5) is 0 Å². The third-order valence-corrected chi connectivity index (χ3v) is 2.45. The smallest absolute Gasteiger partial charge is 0.0757 e. The molecule has 0 aliphatic carbocycles. The van der Waals surface area contributed by atoms with Gasteiger partial charge in [-0.1, -0.05) is 19.9 Å². The Labute approximate surface area is 76.8 Å². The Morgan fingerprint density at radius 2 is 1.67 bits per heavy atom. The van der Waals surface area contributed by atoms with Crippen LogP contribution in [0.2, 0.25) is 0 Å². The van der Waals surface area contributed by atoms with Crippen molar-refractivity contribution >= 4 is 0 Å². The van der Waals surface area contributed by atoms with E-state index in [2.05, 4.69) is 47.6 Å². The minimum Gasteiger partial charge on any atom is -0.371 e. The van der Waals surface area contributed by atoms with E-state index in [1.807, 2.05) is 0 Å². The first-order valence-corrected chi connectivity index (χ1v) is 4.77. The van der Waals surface area contributed by atoms with Crippen molar-refractivity contribution in [1.29, 1.82) is 0 Å². The lowest BCUT2D eigenvalue weighted by Crippen LogP contribution is -2.22. The second kappa shape index (κ2) is 5.36. The lowest BCUT2D eigenvalue weighted by Gasteiger charge is -2.22. The highest BCUT2D eigenvalue weighted by Gasteiger charge is 2.12. The summed E-state index contributed by atoms with van der Waals surface area (Å²) in [5.74, 6) is 0.595. The molecule has 0 saturated carbocycles. The molecule has 1 nitrogen and oxygen atoms in total. The zero-order valence-corrected chi connectivity index (χ0v) is 9.22. The van der Waals surface area contributed by atoms with Gasteiger partial charge in [-0.15, -0.1) is 0 Å². The highest BCUT2D eigenvalue weighted by atomic mass is 16.5. The predicted molar refractivity (Wildman–Crippen MR) is 54.3 cm³/mol. The average Bonchev–Trinajstić information content (AvgIpc) is 2.02. The van der Waals surface area contributed by atoms with Gasteiger partial charge in [0.2, 0.25) is 0 Å². The molecule has 0 amide bonds. The van der Waals surface area contributed by atoms with Crippen molar-refractivity contribution < 1.29 is 4.74 Å². The number of hydrogen-bond acceptors (Lipinski definition) is 1. The molecule has 0 rings (SSSR count). The molecule has 0 aromatic rings. The molecule has 2 unspecified atom stereocenters. The maximum Gasteiger partial charge on any atom is 0.0757 e. The fraction of sp³-hybridized carbons (Fsp3) is 0.818. The summed E-state index contributed by atoms with van der Waals surface area (Å²) in [5, 5.41) is 0. The number of allylic oxidation sites excluding steroid dienone is 1. The second-order valence-corrected chi connectivity index (χ2v) is 3.76. The summed E-state index contributed by atoms with van der Waals surface area (Å²) >= 11 is 0. The van der Waals surface area contributed by atoms with Gasteiger partial charge < -0.3 is 4.74 Å². The maximum atomic E-state index is 5.80. The zero-order chi connectivity index (χ0) is 9.72. The summed E-state index contributed by atoms with van der Waals surface area (Å²) in [7, 11) is 0. The van der Waals surface area contributed by atoms with E-state index in [0.29, 0.717) is 12.0 Å². The largest absolute Gasteiger partial charge is 0.371 e. The van der Waals surface area contributed by atoms with Crippen molar-refractivity contribution in [2.45, 2.75) is 53.8 Å². The van der Waals surface area contributed by atoms with E-state index in [-0.39, 0.29) is 6.10 Å². The van der Waals surface area contributed by atoms with Crippen LogP contribution in [0.15, 0.2) is 11.6 Å². The summed E-state index contributed by atoms with van der Waals surface area (Å²) in [6, 6.07) is 0. The molecule has 12 heavy (non-hydrogen) atoms. The summed E-state index contributed by atoms with van der Waals surface area (Å²) in [4.78, 5) is 0. The van der Waals surface area contributed by atoms with E-state index in [1.54, 1.807) is 0 Å². The van der Waals surface area contributed by atoms with Gasteiger partial charge >= 0.3 is 0 Å². The van der Waals surface area contributed by atoms with Crippen LogP contribution in [-0.4, -0.2) is 12.2 Å². The van der Waals surface area contributed by atoms with Crippen LogP contribution >= 0.6 is 0 Å². The zero-order valence-electron chi connectivity index (χ0n) is 9.22. The Bertz CT molecular complexity index is 147. The molecular formula is C11H22O. The summed E-state index contributed by atoms with van der Waals surface area (Å²) < 4.78 is 5.80. The fourth-order valence-corrected chi connectivity index (χ4v) is 0.821. The quantitative estimate of drug-likeness (QED) is 0.587. The molecule has 0 aromatic heterocycles. The minimum absolute atomic E-state index is 0.257. The molecule has 2 atom stereocenters. The van der Waals surface area contributed by atoms with Gasteiger partial charge in [-0.05, 0) is 39.2 Å². The van der Waals surface area contributed by atoms with E-state index in [4.69, 9.17) is 4.74 Å². The molecular weight excluding hydrogens is 148 g/mol. The molecule has 1 heteroatoms. The lowest BCUT2D eigenvalue weighted by molar-refractivity contribution is 0.00183. The second-order valence-electron chi connectivity index (χ2n) is 3.76. The monoisotopic (exact) mass is 170 g/mol. The van der Waals surface area contributed by atoms with Crippen molar-refractivity contribution in [2.24, 2.45) is 5.92 Å². The van der Waals surface area contributed by atoms with Gasteiger partial charge in [-0.25, -0.2) is 0 Å². The van der Waals surface area contributed by atoms with Gasteiger partial charge in [0, 0.05) is 0 Å². The number of ether oxygens (including phenoxy) is 1. The van der Waals surface area contributed by atoms with E-state index in [0.717, 1.165) is 0 Å². The van der Waals surface area contributed by atoms with Gasteiger partial charge in [0.1, 0.15) is 0 Å². The Morgan fingerprint density at radius 3 is 2.00 bits per heavy atom. The van der Waals surface area contributed by atoms with Gasteiger partial charge in [-0.2, -0.15) is 0 Å². The Balaban J connectivity index is 3.92. The molecule has 0 bridgehead atoms. The Kier molecular flexibility index (Phi) is 5.23. The van der Waals surface area contributed by atoms with Crippen LogP contribution in [0.1, 0.15) is 41.5 Å². The highest BCUT2D eigenvalue weighted by molar-refractivity contribution is 5.01. The highest BCUT2D eigenvalue weighted by Crippen LogP contribution is 2.13. The lowest BCUT2D eigenvalue weighted by atomic mass is 10.1. The van der Waals surface area contributed by atoms with Gasteiger partial charge in [0.25, 0.3) is 0 Å². The molecule has 0 aliphatic heterocycles. The van der Waals surface area contributed by atoms with E-state index in [1.165, 1.54) is 5.57 Å². The third-order valence-electron chi connectivity index (χ3n) is 2.45. The average molecular weight is 170 g/mol. The van der Waals surface area contributed by atoms with Gasteiger partial charge in [0.05, 0.1) is 12.2 Å². The summed E-state index contributed by atoms with van der Waals surface area (Å²) in [6.07, 6.45) is 2.71. The standard InChI is InChI=1S/C11H22O/c1-7-9(4)11(6)12-10(5)8(2)3/h7-8,10-11H,1-6H3/b9-7+. The van der Waals surface area contributed by atoms with Crippen molar-refractivity contribution in [3.63, 3.8) is 0 Å². The molecule has 0 radical (unpaired) electrons. The van der Waals surface area contributed by atoms with Crippen molar-refractivity contribution in [3.8, 4) is 0 Å². The van der Waals surface area contributed by atoms with Crippen molar-refractivity contribution in [2.75, 3.05) is 0 Å². The van der Waals surface area contributed by atoms with Crippen molar-refractivity contribution in [1.82, 2.24) is 0 Å². The minimum atomic E-state index is 0.257. The van der Waals surface area contributed by atoms with Crippen LogP contribution in [-0.2, 0) is 4.74 Å². The molecule has 0 N–H and O–H groups in total. The first-order valence-electron chi connectivity index (χ1n) is 4.77. The Hall–Kier alpha value is -0.300. The van der Waals surface area contributed by atoms with E-state index >= 15 is 0 Å². The topological polar surface area (TPSA) is 9.23 Å². The van der Waals surface area contributed by atoms with Crippen LogP contribution in [0.5, 0.6) is 0 Å². The summed E-state index contributed by atoms with van der Waals surface area (Å²) in [5.41, 5.74) is 1.31. The third kappa shape index (κ3) is 3.91. The number of rotatable bonds is 4. The summed E-state index contributed by atoms with van der Waals surface area (Å²) in [6.45, 7) is 12.8. The SMILES string of the molecule is C/C=C(\C)C(C)OC(C)C(C)C. The number of hydrogen-bond donors (Lipinski definition) is 0. The predicted octanol–water partition coefficient (Wildman–Crippen LogP) is 3.40. The molecule has 0 aromatic carbocycles. The normalized spacial score (nSPS) is 18.1. The molecule has 0 fully saturated rings. The van der Waals surface area contributed by atoms with Crippen LogP contribution in [0.3, 0.4) is 0 Å². The first-order chi connectivity index (χ1) is 5.49. The molecule has 0 spiro atoms. The molecule has 0 heterocycles. The van der Waals surface area contributed by atoms with Gasteiger partial charge in [-0.3, -0.25) is 0 Å².